The SMILES string of the molecule is Cc1ccc(S(=O)(=O)OC2C3CC(C2C(=O)OC2CCCCO2)C2C4CC(C32)C2C3CC(C5C6C=CC(C6)C35)C42)cc1. The van der Waals surface area contributed by atoms with Crippen molar-refractivity contribution in [2.24, 2.45) is 88.8 Å². The highest BCUT2D eigenvalue weighted by molar-refractivity contribution is 7.86. The molecule has 6 nitrogen and oxygen atoms in total. The molecular weight excluding hydrogens is 548 g/mol. The summed E-state index contributed by atoms with van der Waals surface area (Å²) in [4.78, 5) is 14.2. The van der Waals surface area contributed by atoms with Crippen LogP contribution in [0.2, 0.25) is 0 Å². The Morgan fingerprint density at radius 3 is 2.00 bits per heavy atom. The smallest absolute Gasteiger partial charge is 0.314 e. The number of carbonyl (C=O) groups excluding carboxylic acids is 1. The lowest BCUT2D eigenvalue weighted by molar-refractivity contribution is -0.198. The number of benzene rings is 1. The average molecular weight is 591 g/mol. The van der Waals surface area contributed by atoms with E-state index >= 15 is 0 Å². The number of fused-ring (bicyclic) bond motifs is 23. The van der Waals surface area contributed by atoms with E-state index in [1.807, 2.05) is 19.1 Å². The van der Waals surface area contributed by atoms with Crippen LogP contribution in [0.3, 0.4) is 0 Å². The molecule has 8 aliphatic carbocycles. The lowest BCUT2D eigenvalue weighted by Gasteiger charge is -2.51. The Morgan fingerprint density at radius 2 is 1.36 bits per heavy atom. The minimum atomic E-state index is -4.01. The summed E-state index contributed by atoms with van der Waals surface area (Å²) < 4.78 is 45.3. The van der Waals surface area contributed by atoms with E-state index in [-0.39, 0.29) is 22.7 Å². The van der Waals surface area contributed by atoms with E-state index in [2.05, 4.69) is 12.2 Å². The fraction of sp³-hybridized carbons (Fsp3) is 0.743. The molecular formula is C35H42O6S. The Bertz CT molecular complexity index is 1450. The zero-order valence-corrected chi connectivity index (χ0v) is 25.1. The molecule has 1 aromatic rings. The van der Waals surface area contributed by atoms with Crippen molar-refractivity contribution >= 4 is 16.1 Å². The minimum absolute atomic E-state index is 0.107. The van der Waals surface area contributed by atoms with Crippen LogP contribution < -0.4 is 0 Å². The van der Waals surface area contributed by atoms with E-state index in [0.29, 0.717) is 36.7 Å². The van der Waals surface area contributed by atoms with Gasteiger partial charge in [-0.05, 0) is 140 Å². The molecule has 0 aromatic heterocycles. The van der Waals surface area contributed by atoms with Gasteiger partial charge in [-0.15, -0.1) is 0 Å². The van der Waals surface area contributed by atoms with Crippen LogP contribution in [0.5, 0.6) is 0 Å². The van der Waals surface area contributed by atoms with Gasteiger partial charge in [-0.3, -0.25) is 8.98 Å². The van der Waals surface area contributed by atoms with Crippen molar-refractivity contribution in [3.63, 3.8) is 0 Å². The molecule has 17 atom stereocenters. The van der Waals surface area contributed by atoms with Gasteiger partial charge in [-0.25, -0.2) is 0 Å². The maximum atomic E-state index is 14.0. The molecule has 7 saturated carbocycles. The van der Waals surface area contributed by atoms with Gasteiger partial charge < -0.3 is 9.47 Å². The number of carbonyl (C=O) groups is 1. The number of ether oxygens (including phenoxy) is 2. The predicted octanol–water partition coefficient (Wildman–Crippen LogP) is 5.61. The Balaban J connectivity index is 0.984. The molecule has 8 bridgehead atoms. The van der Waals surface area contributed by atoms with Gasteiger partial charge in [0.05, 0.1) is 23.5 Å². The number of allylic oxidation sites excluding steroid dienone is 2. The second kappa shape index (κ2) is 8.72. The highest BCUT2D eigenvalue weighted by atomic mass is 32.2. The largest absolute Gasteiger partial charge is 0.435 e. The van der Waals surface area contributed by atoms with Crippen molar-refractivity contribution in [3.05, 3.63) is 42.0 Å². The quantitative estimate of drug-likeness (QED) is 0.192. The average Bonchev–Trinajstić information content (AvgIpc) is 3.83. The highest BCUT2D eigenvalue weighted by Crippen LogP contribution is 2.81. The summed E-state index contributed by atoms with van der Waals surface area (Å²) in [6.07, 6.45) is 11.6. The van der Waals surface area contributed by atoms with Gasteiger partial charge in [0.1, 0.15) is 0 Å². The third kappa shape index (κ3) is 3.24. The van der Waals surface area contributed by atoms with Crippen molar-refractivity contribution in [2.45, 2.75) is 69.2 Å². The second-order valence-corrected chi connectivity index (χ2v) is 17.3. The molecule has 0 amide bonds. The van der Waals surface area contributed by atoms with Gasteiger partial charge in [0.2, 0.25) is 6.29 Å². The first-order chi connectivity index (χ1) is 20.4. The van der Waals surface area contributed by atoms with Crippen LogP contribution >= 0.6 is 0 Å². The number of esters is 1. The second-order valence-electron chi connectivity index (χ2n) is 15.7. The van der Waals surface area contributed by atoms with E-state index < -0.39 is 28.4 Å². The normalized spacial score (nSPS) is 53.5. The first-order valence-corrected chi connectivity index (χ1v) is 18.3. The van der Waals surface area contributed by atoms with E-state index in [1.165, 1.54) is 19.3 Å². The summed E-state index contributed by atoms with van der Waals surface area (Å²) >= 11 is 0. The van der Waals surface area contributed by atoms with Gasteiger partial charge in [0.15, 0.2) is 0 Å². The summed E-state index contributed by atoms with van der Waals surface area (Å²) in [5, 5.41) is 0. The third-order valence-electron chi connectivity index (χ3n) is 14.5. The van der Waals surface area contributed by atoms with Gasteiger partial charge in [-0.2, -0.15) is 8.42 Å². The molecule has 1 aliphatic heterocycles. The number of hydrogen-bond donors (Lipinski definition) is 0. The molecule has 224 valence electrons. The van der Waals surface area contributed by atoms with Crippen molar-refractivity contribution in [3.8, 4) is 0 Å². The Morgan fingerprint density at radius 1 is 0.762 bits per heavy atom. The Kier molecular flexibility index (Phi) is 5.32. The molecule has 8 fully saturated rings. The lowest BCUT2D eigenvalue weighted by atomic mass is 9.54. The standard InChI is InChI=1S/C35H42O6S/c1-16-5-9-19(10-6-16)42(37,38)41-34-25-15-24(33(34)35(36)40-26-4-2-3-11-39-26)31-22-14-23(32(25)31)30-21-13-20(29(22)30)27-17-7-8-18(12-17)28(21)27/h5-10,17-18,20-34H,2-4,11-15H2,1H3. The summed E-state index contributed by atoms with van der Waals surface area (Å²) in [6.45, 7) is 2.55. The molecule has 7 heteroatoms. The first kappa shape index (κ1) is 25.6. The zero-order chi connectivity index (χ0) is 28.1. The van der Waals surface area contributed by atoms with Crippen LogP contribution in [0.25, 0.3) is 0 Å². The van der Waals surface area contributed by atoms with Crippen molar-refractivity contribution in [1.82, 2.24) is 0 Å². The molecule has 1 aromatic carbocycles. The van der Waals surface area contributed by atoms with Gasteiger partial charge in [0, 0.05) is 6.42 Å². The molecule has 0 spiro atoms. The van der Waals surface area contributed by atoms with E-state index in [1.54, 1.807) is 12.1 Å². The minimum Gasteiger partial charge on any atom is -0.435 e. The van der Waals surface area contributed by atoms with Crippen molar-refractivity contribution in [1.29, 1.82) is 0 Å². The monoisotopic (exact) mass is 590 g/mol. The first-order valence-electron chi connectivity index (χ1n) is 16.9. The molecule has 1 saturated heterocycles. The molecule has 1 heterocycles. The fourth-order valence-corrected chi connectivity index (χ4v) is 14.9. The summed E-state index contributed by atoms with van der Waals surface area (Å²) in [5.41, 5.74) is 1.00. The predicted molar refractivity (Wildman–Crippen MR) is 153 cm³/mol. The van der Waals surface area contributed by atoms with Crippen LogP contribution in [0.15, 0.2) is 41.3 Å². The fourth-order valence-electron chi connectivity index (χ4n) is 13.8. The third-order valence-corrected chi connectivity index (χ3v) is 15.8. The van der Waals surface area contributed by atoms with E-state index in [9.17, 15) is 13.2 Å². The van der Waals surface area contributed by atoms with Gasteiger partial charge >= 0.3 is 5.97 Å². The maximum Gasteiger partial charge on any atom is 0.314 e. The lowest BCUT2D eigenvalue weighted by Crippen LogP contribution is -2.52. The molecule has 42 heavy (non-hydrogen) atoms. The van der Waals surface area contributed by atoms with Crippen molar-refractivity contribution < 1.29 is 26.9 Å². The highest BCUT2D eigenvalue weighted by Gasteiger charge is 2.78. The molecule has 9 aliphatic rings. The molecule has 0 N–H and O–H groups in total. The number of aryl methyl sites for hydroxylation is 1. The molecule has 10 rings (SSSR count). The van der Waals surface area contributed by atoms with E-state index in [4.69, 9.17) is 13.7 Å². The maximum absolute atomic E-state index is 14.0. The van der Waals surface area contributed by atoms with Crippen LogP contribution in [-0.4, -0.2) is 33.4 Å². The Hall–Kier alpha value is -1.70. The van der Waals surface area contributed by atoms with Crippen LogP contribution in [-0.2, 0) is 28.6 Å². The van der Waals surface area contributed by atoms with Crippen molar-refractivity contribution in [2.75, 3.05) is 6.61 Å². The molecule has 17 unspecified atom stereocenters. The molecule has 0 radical (unpaired) electrons. The number of rotatable bonds is 5. The summed E-state index contributed by atoms with van der Waals surface area (Å²) in [6, 6.07) is 6.87. The van der Waals surface area contributed by atoms with Crippen LogP contribution in [0.4, 0.5) is 0 Å². The van der Waals surface area contributed by atoms with Gasteiger partial charge in [0.25, 0.3) is 10.1 Å². The van der Waals surface area contributed by atoms with Gasteiger partial charge in [-0.1, -0.05) is 29.8 Å². The van der Waals surface area contributed by atoms with E-state index in [0.717, 1.165) is 72.2 Å². The Labute approximate surface area is 249 Å². The number of hydrogen-bond acceptors (Lipinski definition) is 6. The van der Waals surface area contributed by atoms with Crippen LogP contribution in [0, 0.1) is 95.7 Å². The van der Waals surface area contributed by atoms with Crippen LogP contribution in [0.1, 0.15) is 50.5 Å². The zero-order valence-electron chi connectivity index (χ0n) is 24.3. The summed E-state index contributed by atoms with van der Waals surface area (Å²) in [7, 11) is -4.01. The topological polar surface area (TPSA) is 78.9 Å². The summed E-state index contributed by atoms with van der Waals surface area (Å²) in [5.74, 6) is 8.59.